The first-order valence-corrected chi connectivity index (χ1v) is 11.1. The third-order valence-electron chi connectivity index (χ3n) is 7.30. The van der Waals surface area contributed by atoms with Crippen molar-refractivity contribution >= 4 is 33.8 Å². The summed E-state index contributed by atoms with van der Waals surface area (Å²) in [5.74, 6) is 1.48. The van der Waals surface area contributed by atoms with Crippen molar-refractivity contribution in [3.8, 4) is 0 Å². The minimum Gasteiger partial charge on any atom is -0.347 e. The zero-order valence-electron chi connectivity index (χ0n) is 16.4. The van der Waals surface area contributed by atoms with E-state index in [9.17, 15) is 9.59 Å². The predicted octanol–water partition coefficient (Wildman–Crippen LogP) is 4.92. The number of thioether (sulfide) groups is 1. The Morgan fingerprint density at radius 3 is 2.82 bits per heavy atom. The number of nitrogens with zero attached hydrogens (tertiary/aromatic N) is 1. The minimum atomic E-state index is -0.317. The highest BCUT2D eigenvalue weighted by molar-refractivity contribution is 8.15. The first kappa shape index (κ1) is 18.0. The number of nitrogens with one attached hydrogen (secondary N) is 1. The topological polar surface area (TPSA) is 51.1 Å². The van der Waals surface area contributed by atoms with Crippen molar-refractivity contribution in [3.63, 3.8) is 0 Å². The second-order valence-electron chi connectivity index (χ2n) is 9.02. The quantitative estimate of drug-likeness (QED) is 0.733. The van der Waals surface area contributed by atoms with Crippen molar-refractivity contribution in [3.05, 3.63) is 47.7 Å². The lowest BCUT2D eigenvalue weighted by Crippen LogP contribution is -2.48. The van der Waals surface area contributed by atoms with Crippen LogP contribution < -0.4 is 5.32 Å². The van der Waals surface area contributed by atoms with Gasteiger partial charge >= 0.3 is 0 Å². The first-order chi connectivity index (χ1) is 13.4. The molecule has 146 valence electrons. The highest BCUT2D eigenvalue weighted by Crippen LogP contribution is 2.59. The summed E-state index contributed by atoms with van der Waals surface area (Å²) in [7, 11) is 0. The van der Waals surface area contributed by atoms with Gasteiger partial charge in [0, 0.05) is 23.6 Å². The van der Waals surface area contributed by atoms with Crippen molar-refractivity contribution in [2.75, 3.05) is 0 Å². The molecule has 4 nitrogen and oxygen atoms in total. The first-order valence-electron chi connectivity index (χ1n) is 10.2. The molecule has 2 heterocycles. The monoisotopic (exact) mass is 394 g/mol. The van der Waals surface area contributed by atoms with E-state index in [1.165, 1.54) is 23.7 Å². The summed E-state index contributed by atoms with van der Waals surface area (Å²) >= 11 is 1.10. The Bertz CT molecular complexity index is 1000. The molecule has 1 N–H and O–H groups in total. The van der Waals surface area contributed by atoms with Crippen LogP contribution in [0.1, 0.15) is 38.7 Å². The molecule has 1 saturated heterocycles. The Morgan fingerprint density at radius 2 is 2.11 bits per heavy atom. The van der Waals surface area contributed by atoms with Gasteiger partial charge in [-0.1, -0.05) is 49.4 Å². The third kappa shape index (κ3) is 2.83. The largest absolute Gasteiger partial charge is 0.347 e. The maximum absolute atomic E-state index is 11.9. The van der Waals surface area contributed by atoms with Gasteiger partial charge in [-0.3, -0.25) is 14.9 Å². The van der Waals surface area contributed by atoms with Crippen LogP contribution in [0, 0.1) is 17.3 Å². The van der Waals surface area contributed by atoms with Gasteiger partial charge in [-0.2, -0.15) is 0 Å². The smallest absolute Gasteiger partial charge is 0.286 e. The predicted molar refractivity (Wildman–Crippen MR) is 113 cm³/mol. The zero-order valence-corrected chi connectivity index (χ0v) is 17.2. The SMILES string of the molecule is CC1(C)[C@H]2CC=C(CCn3ccc4c(CC5SC(=O)NC5=O)cccc43)[C@H]1C2. The number of carbonyl (C=O) groups is 2. The van der Waals surface area contributed by atoms with Gasteiger partial charge in [0.1, 0.15) is 0 Å². The van der Waals surface area contributed by atoms with Crippen LogP contribution in [0.15, 0.2) is 42.1 Å². The van der Waals surface area contributed by atoms with E-state index in [1.807, 2.05) is 0 Å². The average molecular weight is 395 g/mol. The number of amides is 2. The van der Waals surface area contributed by atoms with Gasteiger partial charge in [0.05, 0.1) is 5.25 Å². The lowest BCUT2D eigenvalue weighted by molar-refractivity contribution is -0.118. The van der Waals surface area contributed by atoms with Gasteiger partial charge in [0.15, 0.2) is 0 Å². The van der Waals surface area contributed by atoms with E-state index in [2.05, 4.69) is 60.3 Å². The van der Waals surface area contributed by atoms with Crippen molar-refractivity contribution < 1.29 is 9.59 Å². The maximum atomic E-state index is 11.9. The summed E-state index contributed by atoms with van der Waals surface area (Å²) in [6.45, 7) is 5.85. The summed E-state index contributed by atoms with van der Waals surface area (Å²) in [5, 5.41) is 3.03. The van der Waals surface area contributed by atoms with E-state index in [-0.39, 0.29) is 16.4 Å². The van der Waals surface area contributed by atoms with E-state index in [1.54, 1.807) is 5.57 Å². The molecule has 6 rings (SSSR count). The number of hydrogen-bond donors (Lipinski definition) is 1. The van der Waals surface area contributed by atoms with Crippen molar-refractivity contribution in [1.82, 2.24) is 9.88 Å². The fourth-order valence-corrected chi connectivity index (χ4v) is 6.24. The molecule has 1 aromatic heterocycles. The molecule has 1 saturated carbocycles. The molecule has 2 fully saturated rings. The molecular formula is C23H26N2O2S. The molecule has 5 heteroatoms. The molecule has 3 aliphatic carbocycles. The van der Waals surface area contributed by atoms with Gasteiger partial charge in [0.25, 0.3) is 5.24 Å². The molecular weight excluding hydrogens is 368 g/mol. The second kappa shape index (κ2) is 6.51. The number of rotatable bonds is 5. The fraction of sp³-hybridized carbons (Fsp3) is 0.478. The number of carbonyl (C=O) groups excluding carboxylic acids is 2. The molecule has 1 aliphatic heterocycles. The number of benzene rings is 1. The zero-order chi connectivity index (χ0) is 19.5. The van der Waals surface area contributed by atoms with E-state index < -0.39 is 0 Å². The molecule has 0 spiro atoms. The van der Waals surface area contributed by atoms with Crippen molar-refractivity contribution in [1.29, 1.82) is 0 Å². The Balaban J connectivity index is 1.34. The fourth-order valence-electron chi connectivity index (χ4n) is 5.39. The van der Waals surface area contributed by atoms with Crippen LogP contribution in [0.5, 0.6) is 0 Å². The third-order valence-corrected chi connectivity index (χ3v) is 8.28. The minimum absolute atomic E-state index is 0.169. The van der Waals surface area contributed by atoms with Gasteiger partial charge < -0.3 is 4.57 Å². The number of aryl methyl sites for hydroxylation is 1. The summed E-state index contributed by atoms with van der Waals surface area (Å²) in [4.78, 5) is 23.4. The molecule has 4 aliphatic rings. The Hall–Kier alpha value is -2.01. The summed E-state index contributed by atoms with van der Waals surface area (Å²) in [5.41, 5.74) is 4.48. The van der Waals surface area contributed by atoms with Crippen LogP contribution in [0.3, 0.4) is 0 Å². The molecule has 1 unspecified atom stereocenters. The van der Waals surface area contributed by atoms with E-state index in [0.29, 0.717) is 11.8 Å². The van der Waals surface area contributed by atoms with Gasteiger partial charge in [-0.15, -0.1) is 0 Å². The highest BCUT2D eigenvalue weighted by Gasteiger charge is 2.50. The lowest BCUT2D eigenvalue weighted by atomic mass is 9.48. The summed E-state index contributed by atoms with van der Waals surface area (Å²) in [6.07, 6.45) is 8.98. The van der Waals surface area contributed by atoms with Crippen LogP contribution in [0.2, 0.25) is 0 Å². The maximum Gasteiger partial charge on any atom is 0.286 e. The second-order valence-corrected chi connectivity index (χ2v) is 10.2. The molecule has 0 radical (unpaired) electrons. The Kier molecular flexibility index (Phi) is 4.20. The van der Waals surface area contributed by atoms with E-state index in [0.717, 1.165) is 42.1 Å². The van der Waals surface area contributed by atoms with Crippen LogP contribution in [-0.2, 0) is 17.8 Å². The van der Waals surface area contributed by atoms with Crippen LogP contribution in [-0.4, -0.2) is 21.0 Å². The Labute approximate surface area is 169 Å². The molecule has 3 atom stereocenters. The van der Waals surface area contributed by atoms with E-state index >= 15 is 0 Å². The number of fused-ring (bicyclic) bond motifs is 2. The van der Waals surface area contributed by atoms with Crippen LogP contribution >= 0.6 is 11.8 Å². The normalized spacial score (nSPS) is 28.2. The van der Waals surface area contributed by atoms with Gasteiger partial charge in [-0.25, -0.2) is 0 Å². The van der Waals surface area contributed by atoms with Crippen LogP contribution in [0.25, 0.3) is 10.9 Å². The molecule has 2 amide bonds. The Morgan fingerprint density at radius 1 is 1.25 bits per heavy atom. The molecule has 2 aromatic rings. The molecule has 2 bridgehead atoms. The number of imide groups is 1. The van der Waals surface area contributed by atoms with Crippen LogP contribution in [0.4, 0.5) is 4.79 Å². The number of aromatic nitrogens is 1. The van der Waals surface area contributed by atoms with Gasteiger partial charge in [0.2, 0.25) is 5.91 Å². The van der Waals surface area contributed by atoms with Gasteiger partial charge in [-0.05, 0) is 60.6 Å². The average Bonchev–Trinajstić information content (AvgIpc) is 3.23. The summed E-state index contributed by atoms with van der Waals surface area (Å²) in [6, 6.07) is 8.45. The summed E-state index contributed by atoms with van der Waals surface area (Å²) < 4.78 is 2.34. The van der Waals surface area contributed by atoms with E-state index in [4.69, 9.17) is 0 Å². The standard InChI is InChI=1S/C23H26N2O2S/c1-23(2)16-7-6-14(18(23)13-16)8-10-25-11-9-17-15(4-3-5-19(17)25)12-20-21(26)24-22(27)28-20/h3-6,9,11,16,18,20H,7-8,10,12-13H2,1-2H3,(H,24,26,27)/t16-,18+,20?/m0/s1. The van der Waals surface area contributed by atoms with Crippen molar-refractivity contribution in [2.45, 2.75) is 51.3 Å². The number of hydrogen-bond acceptors (Lipinski definition) is 3. The van der Waals surface area contributed by atoms with Crippen molar-refractivity contribution in [2.24, 2.45) is 17.3 Å². The highest BCUT2D eigenvalue weighted by atomic mass is 32.2. The molecule has 1 aromatic carbocycles. The molecule has 28 heavy (non-hydrogen) atoms. The number of allylic oxidation sites excluding steroid dienone is 2. The lowest BCUT2D eigenvalue weighted by Gasteiger charge is -2.56.